The molecule has 0 spiro atoms. The Kier molecular flexibility index (Phi) is 2.60. The standard InChI is InChI=1S/C7H14N4O2/c8-5(11-13)7(10-6(9)12)3-1-2-4-7/h13H,1-4H2,(H2,8,11)(H3,9,10,12). The molecule has 1 aliphatic carbocycles. The lowest BCUT2D eigenvalue weighted by Crippen LogP contribution is -2.57. The zero-order chi connectivity index (χ0) is 9.90. The van der Waals surface area contributed by atoms with Gasteiger partial charge in [0.25, 0.3) is 0 Å². The van der Waals surface area contributed by atoms with Crippen molar-refractivity contribution in [1.29, 1.82) is 0 Å². The summed E-state index contributed by atoms with van der Waals surface area (Å²) < 4.78 is 0. The number of amidine groups is 1. The van der Waals surface area contributed by atoms with Crippen molar-refractivity contribution in [3.8, 4) is 0 Å². The maximum absolute atomic E-state index is 10.7. The van der Waals surface area contributed by atoms with Gasteiger partial charge < -0.3 is 22.0 Å². The van der Waals surface area contributed by atoms with Gasteiger partial charge in [-0.25, -0.2) is 4.79 Å². The van der Waals surface area contributed by atoms with E-state index in [4.69, 9.17) is 16.7 Å². The van der Waals surface area contributed by atoms with Gasteiger partial charge in [0.15, 0.2) is 5.84 Å². The third kappa shape index (κ3) is 1.82. The molecule has 0 bridgehead atoms. The molecule has 0 saturated heterocycles. The predicted molar refractivity (Wildman–Crippen MR) is 47.3 cm³/mol. The first-order valence-electron chi connectivity index (χ1n) is 4.16. The second kappa shape index (κ2) is 3.51. The number of carbonyl (C=O) groups excluding carboxylic acids is 1. The average Bonchev–Trinajstić information content (AvgIpc) is 2.51. The molecule has 0 aromatic carbocycles. The van der Waals surface area contributed by atoms with Crippen LogP contribution in [0.15, 0.2) is 5.16 Å². The molecule has 1 aliphatic rings. The molecule has 0 aromatic rings. The van der Waals surface area contributed by atoms with Crippen LogP contribution in [-0.2, 0) is 0 Å². The molecule has 1 rings (SSSR count). The first-order chi connectivity index (χ1) is 6.10. The topological polar surface area (TPSA) is 114 Å². The van der Waals surface area contributed by atoms with Crippen LogP contribution in [-0.4, -0.2) is 22.6 Å². The molecule has 0 atom stereocenters. The Morgan fingerprint density at radius 2 is 1.92 bits per heavy atom. The summed E-state index contributed by atoms with van der Waals surface area (Å²) in [6.45, 7) is 0. The van der Waals surface area contributed by atoms with Gasteiger partial charge in [0, 0.05) is 0 Å². The molecule has 0 aliphatic heterocycles. The third-order valence-electron chi connectivity index (χ3n) is 2.42. The summed E-state index contributed by atoms with van der Waals surface area (Å²) in [7, 11) is 0. The first-order valence-corrected chi connectivity index (χ1v) is 4.16. The fourth-order valence-corrected chi connectivity index (χ4v) is 1.76. The minimum atomic E-state index is -0.722. The van der Waals surface area contributed by atoms with Gasteiger partial charge in [0.2, 0.25) is 0 Å². The Bertz CT molecular complexity index is 233. The van der Waals surface area contributed by atoms with Gasteiger partial charge >= 0.3 is 6.03 Å². The van der Waals surface area contributed by atoms with Gasteiger partial charge in [0.05, 0.1) is 0 Å². The fourth-order valence-electron chi connectivity index (χ4n) is 1.76. The third-order valence-corrected chi connectivity index (χ3v) is 2.42. The Labute approximate surface area is 76.0 Å². The molecule has 1 saturated carbocycles. The molecule has 2 amide bonds. The smallest absolute Gasteiger partial charge is 0.312 e. The Morgan fingerprint density at radius 1 is 1.38 bits per heavy atom. The fraction of sp³-hybridized carbons (Fsp3) is 0.714. The van der Waals surface area contributed by atoms with Crippen molar-refractivity contribution < 1.29 is 10.0 Å². The molecular formula is C7H14N4O2. The second-order valence-electron chi connectivity index (χ2n) is 3.26. The van der Waals surface area contributed by atoms with E-state index in [0.717, 1.165) is 12.8 Å². The van der Waals surface area contributed by atoms with Crippen molar-refractivity contribution in [1.82, 2.24) is 5.32 Å². The highest BCUT2D eigenvalue weighted by Crippen LogP contribution is 2.29. The van der Waals surface area contributed by atoms with Gasteiger partial charge in [-0.2, -0.15) is 0 Å². The number of urea groups is 1. The zero-order valence-corrected chi connectivity index (χ0v) is 7.29. The van der Waals surface area contributed by atoms with Crippen LogP contribution < -0.4 is 16.8 Å². The highest BCUT2D eigenvalue weighted by atomic mass is 16.4. The average molecular weight is 186 g/mol. The highest BCUT2D eigenvalue weighted by molar-refractivity contribution is 5.93. The van der Waals surface area contributed by atoms with Crippen LogP contribution in [0.5, 0.6) is 0 Å². The summed E-state index contributed by atoms with van der Waals surface area (Å²) >= 11 is 0. The molecule has 0 heterocycles. The summed E-state index contributed by atoms with van der Waals surface area (Å²) in [5, 5.41) is 14.0. The lowest BCUT2D eigenvalue weighted by molar-refractivity contribution is 0.240. The lowest BCUT2D eigenvalue weighted by atomic mass is 9.96. The Balaban J connectivity index is 2.80. The quantitative estimate of drug-likeness (QED) is 0.206. The maximum Gasteiger partial charge on any atom is 0.312 e. The molecule has 6 nitrogen and oxygen atoms in total. The number of amides is 2. The number of nitrogens with zero attached hydrogens (tertiary/aromatic N) is 1. The van der Waals surface area contributed by atoms with E-state index in [1.165, 1.54) is 0 Å². The van der Waals surface area contributed by atoms with E-state index in [-0.39, 0.29) is 5.84 Å². The van der Waals surface area contributed by atoms with Crippen molar-refractivity contribution in [2.75, 3.05) is 0 Å². The van der Waals surface area contributed by atoms with Crippen molar-refractivity contribution in [2.45, 2.75) is 31.2 Å². The molecule has 74 valence electrons. The largest absolute Gasteiger partial charge is 0.409 e. The molecule has 6 N–H and O–H groups in total. The molecule has 6 heteroatoms. The summed E-state index contributed by atoms with van der Waals surface area (Å²) in [6.07, 6.45) is 3.23. The summed E-state index contributed by atoms with van der Waals surface area (Å²) in [6, 6.07) is -0.645. The monoisotopic (exact) mass is 186 g/mol. The number of hydrogen-bond acceptors (Lipinski definition) is 3. The Hall–Kier alpha value is -1.46. The predicted octanol–water partition coefficient (Wildman–Crippen LogP) is -0.286. The molecule has 1 fully saturated rings. The van der Waals surface area contributed by atoms with E-state index >= 15 is 0 Å². The first kappa shape index (κ1) is 9.63. The van der Waals surface area contributed by atoms with Crippen LogP contribution >= 0.6 is 0 Å². The molecule has 0 unspecified atom stereocenters. The van der Waals surface area contributed by atoms with E-state index in [1.54, 1.807) is 0 Å². The van der Waals surface area contributed by atoms with Gasteiger partial charge in [-0.1, -0.05) is 18.0 Å². The maximum atomic E-state index is 10.7. The number of nitrogens with two attached hydrogens (primary N) is 2. The molecule has 0 aromatic heterocycles. The van der Waals surface area contributed by atoms with Crippen molar-refractivity contribution >= 4 is 11.9 Å². The SMILES string of the molecule is NC(=O)NC1(/C(N)=N/O)CCCC1. The highest BCUT2D eigenvalue weighted by Gasteiger charge is 2.39. The van der Waals surface area contributed by atoms with Crippen molar-refractivity contribution in [3.63, 3.8) is 0 Å². The van der Waals surface area contributed by atoms with E-state index in [1.807, 2.05) is 0 Å². The van der Waals surface area contributed by atoms with Gasteiger partial charge in [-0.15, -0.1) is 0 Å². The minimum Gasteiger partial charge on any atom is -0.409 e. The lowest BCUT2D eigenvalue weighted by Gasteiger charge is -2.27. The number of oxime groups is 1. The summed E-state index contributed by atoms with van der Waals surface area (Å²) in [5.74, 6) is 0.0313. The number of nitrogens with one attached hydrogen (secondary N) is 1. The van der Waals surface area contributed by atoms with E-state index in [0.29, 0.717) is 12.8 Å². The molecular weight excluding hydrogens is 172 g/mol. The van der Waals surface area contributed by atoms with Gasteiger partial charge in [-0.05, 0) is 12.8 Å². The van der Waals surface area contributed by atoms with Crippen molar-refractivity contribution in [3.05, 3.63) is 0 Å². The van der Waals surface area contributed by atoms with Crippen LogP contribution in [0.2, 0.25) is 0 Å². The minimum absolute atomic E-state index is 0.0313. The summed E-state index contributed by atoms with van der Waals surface area (Å²) in [5.41, 5.74) is 9.78. The van der Waals surface area contributed by atoms with E-state index in [9.17, 15) is 4.79 Å². The number of primary amides is 1. The summed E-state index contributed by atoms with van der Waals surface area (Å²) in [4.78, 5) is 10.7. The van der Waals surface area contributed by atoms with E-state index < -0.39 is 11.6 Å². The van der Waals surface area contributed by atoms with Crippen LogP contribution in [0.25, 0.3) is 0 Å². The number of hydrogen-bond donors (Lipinski definition) is 4. The number of rotatable bonds is 2. The number of carbonyl (C=O) groups is 1. The van der Waals surface area contributed by atoms with E-state index in [2.05, 4.69) is 10.5 Å². The van der Waals surface area contributed by atoms with Gasteiger partial charge in [-0.3, -0.25) is 0 Å². The normalized spacial score (nSPS) is 21.4. The molecule has 0 radical (unpaired) electrons. The van der Waals surface area contributed by atoms with Crippen molar-refractivity contribution in [2.24, 2.45) is 16.6 Å². The van der Waals surface area contributed by atoms with Crippen LogP contribution in [0.3, 0.4) is 0 Å². The van der Waals surface area contributed by atoms with Crippen LogP contribution in [0.1, 0.15) is 25.7 Å². The molecule has 13 heavy (non-hydrogen) atoms. The van der Waals surface area contributed by atoms with Crippen LogP contribution in [0.4, 0.5) is 4.79 Å². The van der Waals surface area contributed by atoms with Gasteiger partial charge in [0.1, 0.15) is 5.54 Å². The second-order valence-corrected chi connectivity index (χ2v) is 3.26. The Morgan fingerprint density at radius 3 is 2.31 bits per heavy atom. The zero-order valence-electron chi connectivity index (χ0n) is 7.29. The van der Waals surface area contributed by atoms with Crippen LogP contribution in [0, 0.1) is 0 Å².